The number of anilines is 1. The van der Waals surface area contributed by atoms with E-state index in [9.17, 15) is 18.4 Å². The van der Waals surface area contributed by atoms with Gasteiger partial charge in [-0.1, -0.05) is 38.1 Å². The molecule has 4 rings (SSSR count). The van der Waals surface area contributed by atoms with Gasteiger partial charge < -0.3 is 5.32 Å². The Bertz CT molecular complexity index is 1150. The molecule has 0 fully saturated rings. The minimum atomic E-state index is -0.813. The van der Waals surface area contributed by atoms with Gasteiger partial charge in [0.2, 0.25) is 5.91 Å². The van der Waals surface area contributed by atoms with Crippen molar-refractivity contribution in [3.8, 4) is 5.69 Å². The topological polar surface area (TPSA) is 64.0 Å². The third kappa shape index (κ3) is 3.40. The van der Waals surface area contributed by atoms with Crippen LogP contribution >= 0.6 is 0 Å². The van der Waals surface area contributed by atoms with Crippen LogP contribution in [0.2, 0.25) is 0 Å². The van der Waals surface area contributed by atoms with E-state index in [1.54, 1.807) is 19.1 Å². The first-order valence-electron chi connectivity index (χ1n) is 9.75. The second-order valence-corrected chi connectivity index (χ2v) is 7.80. The van der Waals surface area contributed by atoms with Crippen LogP contribution in [0.1, 0.15) is 59.3 Å². The third-order valence-electron chi connectivity index (χ3n) is 5.42. The number of ketones is 1. The molecule has 0 saturated heterocycles. The molecule has 1 aliphatic rings. The standard InChI is InChI=1S/C23H21F2N3O2/c1-12(2)14-4-6-15(7-5-14)22(30)17-11-20(29)26-23-21(17)13(3)27-28(23)19-9-8-16(24)10-18(19)25/h4-10,12,17H,11H2,1-3H3,(H,26,29)/t17-/m0/s1. The molecule has 154 valence electrons. The lowest BCUT2D eigenvalue weighted by Crippen LogP contribution is -2.28. The number of halogens is 2. The van der Waals surface area contributed by atoms with Gasteiger partial charge in [0.05, 0.1) is 11.6 Å². The minimum Gasteiger partial charge on any atom is -0.310 e. The Morgan fingerprint density at radius 2 is 1.87 bits per heavy atom. The Hall–Kier alpha value is -3.35. The molecule has 1 N–H and O–H groups in total. The number of nitrogens with one attached hydrogen (secondary N) is 1. The third-order valence-corrected chi connectivity index (χ3v) is 5.42. The van der Waals surface area contributed by atoms with Gasteiger partial charge in [0, 0.05) is 23.6 Å². The number of aromatic nitrogens is 2. The first-order valence-corrected chi connectivity index (χ1v) is 9.75. The largest absolute Gasteiger partial charge is 0.310 e. The van der Waals surface area contributed by atoms with Gasteiger partial charge in [-0.25, -0.2) is 13.5 Å². The number of carbonyl (C=O) groups is 2. The summed E-state index contributed by atoms with van der Waals surface area (Å²) in [6, 6.07) is 10.5. The highest BCUT2D eigenvalue weighted by molar-refractivity contribution is 6.08. The predicted octanol–water partition coefficient (Wildman–Crippen LogP) is 4.89. The summed E-state index contributed by atoms with van der Waals surface area (Å²) in [6.45, 7) is 5.85. The molecule has 1 aromatic heterocycles. The first-order chi connectivity index (χ1) is 14.3. The fourth-order valence-electron chi connectivity index (χ4n) is 3.83. The Labute approximate surface area is 172 Å². The van der Waals surface area contributed by atoms with E-state index in [0.29, 0.717) is 22.7 Å². The van der Waals surface area contributed by atoms with Crippen LogP contribution in [0.3, 0.4) is 0 Å². The molecule has 5 nitrogen and oxygen atoms in total. The van der Waals surface area contributed by atoms with Crippen molar-refractivity contribution in [2.75, 3.05) is 5.32 Å². The number of aryl methyl sites for hydroxylation is 1. The second kappa shape index (κ2) is 7.48. The molecule has 1 atom stereocenters. The van der Waals surface area contributed by atoms with Gasteiger partial charge in [0.1, 0.15) is 17.3 Å². The zero-order valence-electron chi connectivity index (χ0n) is 16.9. The summed E-state index contributed by atoms with van der Waals surface area (Å²) in [5.74, 6) is -2.22. The summed E-state index contributed by atoms with van der Waals surface area (Å²) in [5.41, 5.74) is 2.67. The van der Waals surface area contributed by atoms with Crippen LogP contribution in [0.15, 0.2) is 42.5 Å². The van der Waals surface area contributed by atoms with Crippen LogP contribution in [0.4, 0.5) is 14.6 Å². The molecule has 2 aromatic carbocycles. The molecular formula is C23H21F2N3O2. The quantitative estimate of drug-likeness (QED) is 0.624. The van der Waals surface area contributed by atoms with Gasteiger partial charge in [-0.05, 0) is 30.5 Å². The average Bonchev–Trinajstić information content (AvgIpc) is 3.03. The smallest absolute Gasteiger partial charge is 0.226 e. The van der Waals surface area contributed by atoms with Crippen LogP contribution < -0.4 is 5.32 Å². The number of hydrogen-bond donors (Lipinski definition) is 1. The summed E-state index contributed by atoms with van der Waals surface area (Å²) < 4.78 is 28.9. The molecule has 0 aliphatic carbocycles. The maximum Gasteiger partial charge on any atom is 0.226 e. The molecule has 7 heteroatoms. The van der Waals surface area contributed by atoms with Gasteiger partial charge in [0.25, 0.3) is 0 Å². The Morgan fingerprint density at radius 3 is 2.50 bits per heavy atom. The number of Topliss-reactive ketones (excluding diaryl/α,β-unsaturated/α-hetero) is 1. The van der Waals surface area contributed by atoms with Crippen LogP contribution in [0.25, 0.3) is 5.69 Å². The Balaban J connectivity index is 1.78. The van der Waals surface area contributed by atoms with E-state index in [0.717, 1.165) is 17.7 Å². The molecule has 1 aliphatic heterocycles. The molecule has 0 spiro atoms. The van der Waals surface area contributed by atoms with E-state index in [2.05, 4.69) is 24.3 Å². The van der Waals surface area contributed by atoms with Crippen molar-refractivity contribution in [1.29, 1.82) is 0 Å². The zero-order chi connectivity index (χ0) is 21.6. The van der Waals surface area contributed by atoms with Crippen molar-refractivity contribution in [1.82, 2.24) is 9.78 Å². The summed E-state index contributed by atoms with van der Waals surface area (Å²) in [7, 11) is 0. The number of nitrogens with zero attached hydrogens (tertiary/aromatic N) is 2. The second-order valence-electron chi connectivity index (χ2n) is 7.80. The van der Waals surface area contributed by atoms with Crippen LogP contribution in [-0.2, 0) is 4.79 Å². The highest BCUT2D eigenvalue weighted by Crippen LogP contribution is 2.38. The molecule has 0 unspecified atom stereocenters. The van der Waals surface area contributed by atoms with E-state index >= 15 is 0 Å². The normalized spacial score (nSPS) is 15.8. The highest BCUT2D eigenvalue weighted by Gasteiger charge is 2.36. The van der Waals surface area contributed by atoms with Crippen molar-refractivity contribution >= 4 is 17.5 Å². The van der Waals surface area contributed by atoms with Crippen LogP contribution in [-0.4, -0.2) is 21.5 Å². The van der Waals surface area contributed by atoms with E-state index < -0.39 is 17.6 Å². The van der Waals surface area contributed by atoms with Gasteiger partial charge in [-0.3, -0.25) is 9.59 Å². The maximum absolute atomic E-state index is 14.4. The zero-order valence-corrected chi connectivity index (χ0v) is 16.9. The number of fused-ring (bicyclic) bond motifs is 1. The molecule has 1 amide bonds. The van der Waals surface area contributed by atoms with Crippen LogP contribution in [0, 0.1) is 18.6 Å². The SMILES string of the molecule is Cc1nn(-c2ccc(F)cc2F)c2c1[C@@H](C(=O)c1ccc(C(C)C)cc1)CC(=O)N2. The van der Waals surface area contributed by atoms with E-state index in [1.807, 2.05) is 12.1 Å². The molecule has 0 radical (unpaired) electrons. The Kier molecular flexibility index (Phi) is 4.97. The number of rotatable bonds is 4. The first kappa shape index (κ1) is 19.9. The van der Waals surface area contributed by atoms with Gasteiger partial charge in [-0.15, -0.1) is 0 Å². The average molecular weight is 409 g/mol. The number of hydrogen-bond acceptors (Lipinski definition) is 3. The summed E-state index contributed by atoms with van der Waals surface area (Å²) >= 11 is 0. The van der Waals surface area contributed by atoms with Gasteiger partial charge in [0.15, 0.2) is 11.6 Å². The molecule has 0 bridgehead atoms. The van der Waals surface area contributed by atoms with E-state index in [1.165, 1.54) is 10.7 Å². The maximum atomic E-state index is 14.4. The van der Waals surface area contributed by atoms with Crippen LogP contribution in [0.5, 0.6) is 0 Å². The fraction of sp³-hybridized carbons (Fsp3) is 0.261. The minimum absolute atomic E-state index is 0.00423. The number of amides is 1. The lowest BCUT2D eigenvalue weighted by atomic mass is 9.85. The lowest BCUT2D eigenvalue weighted by Gasteiger charge is -2.23. The predicted molar refractivity (Wildman–Crippen MR) is 109 cm³/mol. The van der Waals surface area contributed by atoms with Crippen molar-refractivity contribution in [3.05, 3.63) is 76.5 Å². The summed E-state index contributed by atoms with van der Waals surface area (Å²) in [4.78, 5) is 25.6. The van der Waals surface area contributed by atoms with E-state index in [-0.39, 0.29) is 29.6 Å². The fourth-order valence-corrected chi connectivity index (χ4v) is 3.83. The summed E-state index contributed by atoms with van der Waals surface area (Å²) in [5, 5.41) is 7.04. The molecular weight excluding hydrogens is 388 g/mol. The van der Waals surface area contributed by atoms with Crippen molar-refractivity contribution in [2.45, 2.75) is 39.0 Å². The van der Waals surface area contributed by atoms with Gasteiger partial charge >= 0.3 is 0 Å². The lowest BCUT2D eigenvalue weighted by molar-refractivity contribution is -0.116. The molecule has 3 aromatic rings. The molecule has 30 heavy (non-hydrogen) atoms. The summed E-state index contributed by atoms with van der Waals surface area (Å²) in [6.07, 6.45) is -0.0177. The monoisotopic (exact) mass is 409 g/mol. The van der Waals surface area contributed by atoms with Crippen molar-refractivity contribution in [2.24, 2.45) is 0 Å². The number of benzene rings is 2. The van der Waals surface area contributed by atoms with Gasteiger partial charge in [-0.2, -0.15) is 5.10 Å². The Morgan fingerprint density at radius 1 is 1.17 bits per heavy atom. The number of carbonyl (C=O) groups excluding carboxylic acids is 2. The highest BCUT2D eigenvalue weighted by atomic mass is 19.1. The molecule has 2 heterocycles. The molecule has 0 saturated carbocycles. The van der Waals surface area contributed by atoms with Crippen molar-refractivity contribution < 1.29 is 18.4 Å². The van der Waals surface area contributed by atoms with E-state index in [4.69, 9.17) is 0 Å². The van der Waals surface area contributed by atoms with Crippen molar-refractivity contribution in [3.63, 3.8) is 0 Å².